The first-order valence-electron chi connectivity index (χ1n) is 6.80. The van der Waals surface area contributed by atoms with Crippen LogP contribution >= 0.6 is 0 Å². The highest BCUT2D eigenvalue weighted by atomic mass is 16.5. The maximum Gasteiger partial charge on any atom is 0.409 e. The van der Waals surface area contributed by atoms with E-state index >= 15 is 0 Å². The molecule has 0 saturated carbocycles. The summed E-state index contributed by atoms with van der Waals surface area (Å²) in [5, 5.41) is 2.73. The zero-order valence-corrected chi connectivity index (χ0v) is 12.0. The van der Waals surface area contributed by atoms with Gasteiger partial charge in [-0.1, -0.05) is 30.3 Å². The lowest BCUT2D eigenvalue weighted by Crippen LogP contribution is -2.52. The molecule has 1 N–H and O–H groups in total. The van der Waals surface area contributed by atoms with Crippen LogP contribution in [0.3, 0.4) is 0 Å². The molecule has 0 aromatic heterocycles. The molecule has 6 nitrogen and oxygen atoms in total. The van der Waals surface area contributed by atoms with E-state index in [4.69, 9.17) is 0 Å². The minimum Gasteiger partial charge on any atom is -0.453 e. The first-order chi connectivity index (χ1) is 10.2. The number of carbonyl (C=O) groups excluding carboxylic acids is 2. The third-order valence-corrected chi connectivity index (χ3v) is 3.28. The van der Waals surface area contributed by atoms with Crippen LogP contribution < -0.4 is 5.32 Å². The molecule has 1 aromatic carbocycles. The van der Waals surface area contributed by atoms with E-state index in [0.29, 0.717) is 26.2 Å². The summed E-state index contributed by atoms with van der Waals surface area (Å²) in [4.78, 5) is 26.6. The molecule has 2 rings (SSSR count). The van der Waals surface area contributed by atoms with Gasteiger partial charge in [0.25, 0.3) is 0 Å². The number of nitrogens with one attached hydrogen (secondary N) is 1. The number of carbonyl (C=O) groups is 2. The summed E-state index contributed by atoms with van der Waals surface area (Å²) in [6.45, 7) is 1.98. The number of hydrogen-bond acceptors (Lipinski definition) is 3. The second kappa shape index (κ2) is 7.33. The van der Waals surface area contributed by atoms with Crippen LogP contribution in [0.2, 0.25) is 0 Å². The molecule has 1 aromatic rings. The Morgan fingerprint density at radius 2 is 1.71 bits per heavy atom. The zero-order valence-electron chi connectivity index (χ0n) is 12.0. The van der Waals surface area contributed by atoms with Crippen LogP contribution in [0.15, 0.2) is 36.5 Å². The molecule has 112 valence electrons. The molecule has 6 heteroatoms. The van der Waals surface area contributed by atoms with Gasteiger partial charge in [0.05, 0.1) is 7.11 Å². The van der Waals surface area contributed by atoms with Gasteiger partial charge in [0, 0.05) is 32.4 Å². The van der Waals surface area contributed by atoms with Crippen molar-refractivity contribution >= 4 is 18.2 Å². The smallest absolute Gasteiger partial charge is 0.409 e. The highest BCUT2D eigenvalue weighted by Gasteiger charge is 2.23. The summed E-state index contributed by atoms with van der Waals surface area (Å²) >= 11 is 0. The molecule has 1 aliphatic rings. The summed E-state index contributed by atoms with van der Waals surface area (Å²) in [5.41, 5.74) is 1.02. The molecule has 0 bridgehead atoms. The predicted octanol–water partition coefficient (Wildman–Crippen LogP) is 1.75. The van der Waals surface area contributed by atoms with E-state index in [-0.39, 0.29) is 12.1 Å². The molecule has 1 fully saturated rings. The number of hydrogen-bond donors (Lipinski definition) is 1. The van der Waals surface area contributed by atoms with Gasteiger partial charge in [0.2, 0.25) is 0 Å². The van der Waals surface area contributed by atoms with E-state index in [2.05, 4.69) is 10.1 Å². The minimum absolute atomic E-state index is 0.160. The first-order valence-corrected chi connectivity index (χ1v) is 6.80. The van der Waals surface area contributed by atoms with Gasteiger partial charge < -0.3 is 19.9 Å². The average Bonchev–Trinajstić information content (AvgIpc) is 2.55. The third-order valence-electron chi connectivity index (χ3n) is 3.28. The number of amides is 3. The van der Waals surface area contributed by atoms with Crippen LogP contribution in [-0.4, -0.2) is 55.2 Å². The summed E-state index contributed by atoms with van der Waals surface area (Å²) in [6, 6.07) is 9.57. The number of methoxy groups -OCH3 is 1. The van der Waals surface area contributed by atoms with Crippen LogP contribution in [-0.2, 0) is 4.74 Å². The molecule has 0 radical (unpaired) electrons. The molecule has 0 aliphatic carbocycles. The molecule has 1 heterocycles. The van der Waals surface area contributed by atoms with Crippen LogP contribution in [0, 0.1) is 0 Å². The number of urea groups is 1. The number of piperazine rings is 1. The maximum absolute atomic E-state index is 12.0. The lowest BCUT2D eigenvalue weighted by molar-refractivity contribution is 0.0977. The lowest BCUT2D eigenvalue weighted by Gasteiger charge is -2.33. The van der Waals surface area contributed by atoms with E-state index in [1.165, 1.54) is 7.11 Å². The Balaban J connectivity index is 1.77. The van der Waals surface area contributed by atoms with Crippen molar-refractivity contribution in [1.82, 2.24) is 15.1 Å². The quantitative estimate of drug-likeness (QED) is 0.902. The van der Waals surface area contributed by atoms with Crippen molar-refractivity contribution in [2.24, 2.45) is 0 Å². The Bertz CT molecular complexity index is 508. The lowest BCUT2D eigenvalue weighted by atomic mass is 10.2. The van der Waals surface area contributed by atoms with Crippen molar-refractivity contribution in [3.8, 4) is 0 Å². The fourth-order valence-corrected chi connectivity index (χ4v) is 2.09. The van der Waals surface area contributed by atoms with Crippen LogP contribution in [0.5, 0.6) is 0 Å². The van der Waals surface area contributed by atoms with Gasteiger partial charge in [-0.3, -0.25) is 0 Å². The van der Waals surface area contributed by atoms with E-state index in [1.54, 1.807) is 16.0 Å². The monoisotopic (exact) mass is 289 g/mol. The molecule has 1 saturated heterocycles. The molecule has 0 spiro atoms. The molecular weight excluding hydrogens is 270 g/mol. The molecule has 3 amide bonds. The summed E-state index contributed by atoms with van der Waals surface area (Å²) < 4.78 is 4.66. The Morgan fingerprint density at radius 3 is 2.33 bits per heavy atom. The van der Waals surface area contributed by atoms with Crippen molar-refractivity contribution in [3.05, 3.63) is 42.1 Å². The van der Waals surface area contributed by atoms with Gasteiger partial charge in [0.15, 0.2) is 0 Å². The van der Waals surface area contributed by atoms with Gasteiger partial charge in [-0.2, -0.15) is 0 Å². The largest absolute Gasteiger partial charge is 0.453 e. The molecule has 21 heavy (non-hydrogen) atoms. The van der Waals surface area contributed by atoms with Crippen LogP contribution in [0.25, 0.3) is 6.08 Å². The molecule has 1 aliphatic heterocycles. The van der Waals surface area contributed by atoms with Crippen molar-refractivity contribution in [1.29, 1.82) is 0 Å². The Hall–Kier alpha value is -2.50. The Morgan fingerprint density at radius 1 is 1.10 bits per heavy atom. The van der Waals surface area contributed by atoms with Gasteiger partial charge in [0.1, 0.15) is 0 Å². The topological polar surface area (TPSA) is 61.9 Å². The van der Waals surface area contributed by atoms with Crippen molar-refractivity contribution < 1.29 is 14.3 Å². The highest BCUT2D eigenvalue weighted by molar-refractivity contribution is 5.76. The van der Waals surface area contributed by atoms with E-state index in [0.717, 1.165) is 5.56 Å². The highest BCUT2D eigenvalue weighted by Crippen LogP contribution is 2.04. The summed E-state index contributed by atoms with van der Waals surface area (Å²) in [5.74, 6) is 0. The number of nitrogens with zero attached hydrogens (tertiary/aromatic N) is 2. The number of benzene rings is 1. The fraction of sp³-hybridized carbons (Fsp3) is 0.333. The van der Waals surface area contributed by atoms with Crippen molar-refractivity contribution in [3.63, 3.8) is 0 Å². The second-order valence-electron chi connectivity index (χ2n) is 4.64. The number of rotatable bonds is 2. The van der Waals surface area contributed by atoms with Crippen molar-refractivity contribution in [2.75, 3.05) is 33.3 Å². The average molecular weight is 289 g/mol. The van der Waals surface area contributed by atoms with Crippen LogP contribution in [0.1, 0.15) is 5.56 Å². The van der Waals surface area contributed by atoms with Crippen LogP contribution in [0.4, 0.5) is 9.59 Å². The van der Waals surface area contributed by atoms with Gasteiger partial charge in [-0.05, 0) is 11.6 Å². The standard InChI is InChI=1S/C15H19N3O3/c1-21-15(20)18-11-9-17(10-12-18)14(19)16-8-7-13-5-3-2-4-6-13/h2-8H,9-12H2,1H3,(H,16,19)/b8-7+. The first kappa shape index (κ1) is 14.9. The maximum atomic E-state index is 12.0. The Kier molecular flexibility index (Phi) is 5.20. The fourth-order valence-electron chi connectivity index (χ4n) is 2.09. The van der Waals surface area contributed by atoms with E-state index in [1.807, 2.05) is 36.4 Å². The van der Waals surface area contributed by atoms with Gasteiger partial charge in [-0.25, -0.2) is 9.59 Å². The number of ether oxygens (including phenoxy) is 1. The summed E-state index contributed by atoms with van der Waals surface area (Å²) in [7, 11) is 1.36. The van der Waals surface area contributed by atoms with E-state index < -0.39 is 0 Å². The molecular formula is C15H19N3O3. The van der Waals surface area contributed by atoms with Crippen molar-refractivity contribution in [2.45, 2.75) is 0 Å². The second-order valence-corrected chi connectivity index (χ2v) is 4.64. The SMILES string of the molecule is COC(=O)N1CCN(C(=O)N/C=C/c2ccccc2)CC1. The third kappa shape index (κ3) is 4.24. The molecule has 0 atom stereocenters. The zero-order chi connectivity index (χ0) is 15.1. The summed E-state index contributed by atoms with van der Waals surface area (Å²) in [6.07, 6.45) is 3.12. The van der Waals surface area contributed by atoms with Gasteiger partial charge in [-0.15, -0.1) is 0 Å². The Labute approximate surface area is 124 Å². The predicted molar refractivity (Wildman–Crippen MR) is 79.6 cm³/mol. The molecule has 0 unspecified atom stereocenters. The minimum atomic E-state index is -0.348. The van der Waals surface area contributed by atoms with E-state index in [9.17, 15) is 9.59 Å². The van der Waals surface area contributed by atoms with Gasteiger partial charge >= 0.3 is 12.1 Å². The normalized spacial score (nSPS) is 15.1.